The minimum absolute atomic E-state index is 0.00397. The van der Waals surface area contributed by atoms with Crippen LogP contribution in [0.4, 0.5) is 0 Å². The van der Waals surface area contributed by atoms with Crippen molar-refractivity contribution in [3.8, 4) is 0 Å². The predicted octanol–water partition coefficient (Wildman–Crippen LogP) is 15.8. The molecule has 2 fully saturated rings. The summed E-state index contributed by atoms with van der Waals surface area (Å²) in [5, 5.41) is 22.7. The van der Waals surface area contributed by atoms with Crippen molar-refractivity contribution >= 4 is 12.6 Å². The van der Waals surface area contributed by atoms with Crippen molar-refractivity contribution in [3.05, 3.63) is 128 Å². The fourth-order valence-corrected chi connectivity index (χ4v) is 12.0. The van der Waals surface area contributed by atoms with Crippen molar-refractivity contribution in [1.82, 2.24) is 31.9 Å². The maximum atomic E-state index is 7.38. The van der Waals surface area contributed by atoms with Crippen LogP contribution in [-0.4, -0.2) is 62.9 Å². The molecule has 2 heterocycles. The molecule has 0 radical (unpaired) electrons. The molecule has 8 N–H and O–H groups in total. The topological polar surface area (TPSA) is 126 Å². The van der Waals surface area contributed by atoms with E-state index in [1.165, 1.54) is 5.56 Å². The third-order valence-electron chi connectivity index (χ3n) is 15.9. The van der Waals surface area contributed by atoms with E-state index in [0.29, 0.717) is 31.0 Å². The highest BCUT2D eigenvalue weighted by atomic mass is 32.1. The molecule has 1 saturated heterocycles. The van der Waals surface area contributed by atoms with Gasteiger partial charge in [0, 0.05) is 63.8 Å². The van der Waals surface area contributed by atoms with Gasteiger partial charge in [-0.25, -0.2) is 0 Å². The molecule has 1 aromatic rings. The number of ether oxygens (including phenoxy) is 3. The van der Waals surface area contributed by atoms with E-state index >= 15 is 0 Å². The summed E-state index contributed by atoms with van der Waals surface area (Å²) >= 11 is 4.47. The number of benzene rings is 1. The molecule has 2 aliphatic heterocycles. The second kappa shape index (κ2) is 31.6. The second-order valence-electron chi connectivity index (χ2n) is 30.1. The lowest BCUT2D eigenvalue weighted by Gasteiger charge is -2.51. The van der Waals surface area contributed by atoms with E-state index < -0.39 is 0 Å². The number of hydrogen-bond acceptors (Lipinski definition) is 11. The molecule has 81 heavy (non-hydrogen) atoms. The van der Waals surface area contributed by atoms with E-state index in [0.717, 1.165) is 134 Å². The van der Waals surface area contributed by atoms with Gasteiger partial charge in [0.1, 0.15) is 11.9 Å². The molecule has 3 aliphatic rings. The average molecular weight is 1140 g/mol. The Labute approximate surface area is 502 Å². The number of hydrogen-bond donors (Lipinski definition) is 8. The molecule has 1 saturated carbocycles. The Morgan fingerprint density at radius 3 is 1.85 bits per heavy atom. The number of nitrogens with one attached hydrogen (secondary N) is 6. The van der Waals surface area contributed by atoms with Crippen molar-refractivity contribution in [2.45, 2.75) is 236 Å². The molecular weight excluding hydrogens is 1020 g/mol. The number of rotatable bonds is 29. The van der Waals surface area contributed by atoms with Gasteiger partial charge in [-0.3, -0.25) is 0 Å². The van der Waals surface area contributed by atoms with Crippen molar-refractivity contribution in [2.24, 2.45) is 56.5 Å². The highest BCUT2D eigenvalue weighted by Gasteiger charge is 2.48. The van der Waals surface area contributed by atoms with E-state index in [1.54, 1.807) is 0 Å². The maximum Gasteiger partial charge on any atom is 0.158 e. The predicted molar refractivity (Wildman–Crippen MR) is 351 cm³/mol. The lowest BCUT2D eigenvalue weighted by Crippen LogP contribution is -2.60. The Balaban J connectivity index is 0.00000199. The summed E-state index contributed by atoms with van der Waals surface area (Å²) in [5.41, 5.74) is 14.3. The number of nitrogens with two attached hydrogens (primary N) is 1. The van der Waals surface area contributed by atoms with Crippen LogP contribution in [0.15, 0.2) is 127 Å². The van der Waals surface area contributed by atoms with Crippen molar-refractivity contribution in [2.75, 3.05) is 26.2 Å². The smallest absolute Gasteiger partial charge is 0.158 e. The Hall–Kier alpha value is -4.19. The van der Waals surface area contributed by atoms with Crippen LogP contribution in [0.3, 0.4) is 0 Å². The standard InChI is InChI=1S/C63H106N6O3S.C7H15N/c1-21-50-32-58(70-40-63(50,19)20)72-59-47(8)53(55(67-45(6)37-62(16,17)18)34-56(59)69-48(9)41(2)30-31-64-43(4)35-60(10,11)12)33-57-54(68-46(7)38-65-44(5)36-61(13,14)15)29-26-51(71-57)39-66-42(3)22-23-49-24-27-52(73)28-25-49;1-6(8)5-7(2,3)4/h24-28,41,47,50,53-59,64-69,73H,3-7,9,21-23,29-40H2,1-2,8,10-20H3;1,5,8H2,2-4H3/t41-,47?,50+,53-,54+,55?,56?,57+,58?,59+;/m0./s1. The zero-order valence-electron chi connectivity index (χ0n) is 54.7. The van der Waals surface area contributed by atoms with E-state index in [9.17, 15) is 0 Å². The van der Waals surface area contributed by atoms with Crippen LogP contribution >= 0.6 is 12.6 Å². The molecule has 10 nitrogen and oxygen atoms in total. The quantitative estimate of drug-likeness (QED) is 0.0368. The summed E-state index contributed by atoms with van der Waals surface area (Å²) in [6.45, 7) is 71.6. The van der Waals surface area contributed by atoms with Gasteiger partial charge in [-0.2, -0.15) is 0 Å². The maximum absolute atomic E-state index is 7.38. The summed E-state index contributed by atoms with van der Waals surface area (Å²) in [6, 6.07) is 8.43. The summed E-state index contributed by atoms with van der Waals surface area (Å²) in [5.74, 6) is 1.93. The van der Waals surface area contributed by atoms with Crippen molar-refractivity contribution in [3.63, 3.8) is 0 Å². The Morgan fingerprint density at radius 1 is 0.728 bits per heavy atom. The molecule has 0 spiro atoms. The first kappa shape index (κ1) is 71.1. The van der Waals surface area contributed by atoms with Crippen LogP contribution in [0.25, 0.3) is 0 Å². The first-order valence-electron chi connectivity index (χ1n) is 30.7. The fourth-order valence-electron chi connectivity index (χ4n) is 11.8. The largest absolute Gasteiger partial charge is 0.491 e. The van der Waals surface area contributed by atoms with Gasteiger partial charge in [-0.05, 0) is 139 Å². The average Bonchev–Trinajstić information content (AvgIpc) is 3.49. The normalized spacial score (nSPS) is 24.3. The zero-order chi connectivity index (χ0) is 61.3. The van der Waals surface area contributed by atoms with Gasteiger partial charge < -0.3 is 51.8 Å². The minimum Gasteiger partial charge on any atom is -0.491 e. The van der Waals surface area contributed by atoms with Gasteiger partial charge in [-0.15, -0.1) is 12.6 Å². The first-order valence-corrected chi connectivity index (χ1v) is 31.2. The lowest BCUT2D eigenvalue weighted by molar-refractivity contribution is -0.245. The van der Waals surface area contributed by atoms with E-state index in [4.69, 9.17) is 26.5 Å². The minimum atomic E-state index is -0.292. The molecule has 11 heteroatoms. The summed E-state index contributed by atoms with van der Waals surface area (Å²) in [4.78, 5) is 0.968. The Morgan fingerprint density at radius 2 is 1.30 bits per heavy atom. The third-order valence-corrected chi connectivity index (χ3v) is 16.2. The molecule has 460 valence electrons. The van der Waals surface area contributed by atoms with Crippen LogP contribution in [-0.2, 0) is 20.6 Å². The van der Waals surface area contributed by atoms with Gasteiger partial charge in [0.25, 0.3) is 0 Å². The Bertz CT molecular complexity index is 2240. The molecular formula is C70H121N7O3S. The van der Waals surface area contributed by atoms with Crippen LogP contribution in [0, 0.1) is 50.7 Å². The molecule has 0 bridgehead atoms. The molecule has 4 rings (SSSR count). The van der Waals surface area contributed by atoms with Crippen LogP contribution < -0.4 is 37.6 Å². The van der Waals surface area contributed by atoms with Gasteiger partial charge in [-0.1, -0.05) is 182 Å². The van der Waals surface area contributed by atoms with Crippen LogP contribution in [0.1, 0.15) is 194 Å². The second-order valence-corrected chi connectivity index (χ2v) is 30.6. The third kappa shape index (κ3) is 27.8. The lowest BCUT2D eigenvalue weighted by atomic mass is 9.69. The van der Waals surface area contributed by atoms with E-state index in [2.05, 4.69) is 220 Å². The van der Waals surface area contributed by atoms with Crippen LogP contribution in [0.5, 0.6) is 0 Å². The van der Waals surface area contributed by atoms with E-state index in [1.807, 2.05) is 12.1 Å². The number of allylic oxidation sites excluding steroid dienone is 6. The number of thiol groups is 1. The summed E-state index contributed by atoms with van der Waals surface area (Å²) in [6.07, 6.45) is 12.3. The van der Waals surface area contributed by atoms with Crippen molar-refractivity contribution in [1.29, 1.82) is 0 Å². The molecule has 0 aromatic heterocycles. The molecule has 0 amide bonds. The van der Waals surface area contributed by atoms with E-state index in [-0.39, 0.29) is 76.0 Å². The monoisotopic (exact) mass is 1140 g/mol. The van der Waals surface area contributed by atoms with Gasteiger partial charge in [0.05, 0.1) is 37.9 Å². The fraction of sp³-hybridized carbons (Fsp3) is 0.686. The van der Waals surface area contributed by atoms with Crippen molar-refractivity contribution < 1.29 is 14.2 Å². The SMILES string of the molecule is C=C(CCc1ccc(S)cc1)NCC1=CC[C@@H](NC(=C)CNC(=C)CC(C)(C)C)[C@@H](C[C@@H]2C(NC(=C)CC(C)(C)C)CC(NC(=C)[C@@H](C)CCNC(=C)CC(C)(C)C)[C@H](OC3C[C@@H](CC)C(C)(C)CO3)C2C)O1.C=C(N)CC(C)(C)C. The van der Waals surface area contributed by atoms with Gasteiger partial charge >= 0.3 is 0 Å². The van der Waals surface area contributed by atoms with Gasteiger partial charge in [0.15, 0.2) is 6.29 Å². The summed E-state index contributed by atoms with van der Waals surface area (Å²) < 4.78 is 21.2. The highest BCUT2D eigenvalue weighted by Crippen LogP contribution is 2.43. The highest BCUT2D eigenvalue weighted by molar-refractivity contribution is 7.80. The van der Waals surface area contributed by atoms with Gasteiger partial charge in [0.2, 0.25) is 0 Å². The summed E-state index contributed by atoms with van der Waals surface area (Å²) in [7, 11) is 0. The Kier molecular flexibility index (Phi) is 27.8. The first-order chi connectivity index (χ1) is 37.3. The number of aryl methyl sites for hydroxylation is 1. The molecule has 1 aliphatic carbocycles. The van der Waals surface area contributed by atoms with Crippen LogP contribution in [0.2, 0.25) is 0 Å². The molecule has 1 aromatic carbocycles. The molecule has 4 unspecified atom stereocenters. The molecule has 10 atom stereocenters. The zero-order valence-corrected chi connectivity index (χ0v) is 55.6.